The summed E-state index contributed by atoms with van der Waals surface area (Å²) in [6.45, 7) is 8.83. The molecule has 0 atom stereocenters. The van der Waals surface area contributed by atoms with Gasteiger partial charge in [-0.25, -0.2) is 9.97 Å². The molecule has 1 heterocycles. The fraction of sp³-hybridized carbons (Fsp3) is 0.353. The summed E-state index contributed by atoms with van der Waals surface area (Å²) in [5, 5.41) is 6.00. The van der Waals surface area contributed by atoms with Crippen LogP contribution < -0.4 is 10.6 Å². The first-order valence-corrected chi connectivity index (χ1v) is 7.41. The van der Waals surface area contributed by atoms with E-state index >= 15 is 0 Å². The normalized spacial score (nSPS) is 10.6. The van der Waals surface area contributed by atoms with Crippen LogP contribution in [0, 0.1) is 19.8 Å². The number of carbonyl (C=O) groups is 1. The molecule has 0 unspecified atom stereocenters. The van der Waals surface area contributed by atoms with E-state index in [9.17, 15) is 4.79 Å². The summed E-state index contributed by atoms with van der Waals surface area (Å²) in [6.07, 6.45) is 0. The van der Waals surface area contributed by atoms with Crippen LogP contribution in [0.25, 0.3) is 0 Å². The molecule has 0 saturated carbocycles. The number of carbonyl (C=O) groups excluding carboxylic acids is 1. The predicted octanol–water partition coefficient (Wildman–Crippen LogP) is 3.41. The molecule has 2 rings (SSSR count). The molecule has 0 spiro atoms. The Labute approximate surface area is 131 Å². The lowest BCUT2D eigenvalue weighted by molar-refractivity contribution is 0.102. The minimum absolute atomic E-state index is 0.234. The number of hydrogen-bond acceptors (Lipinski definition) is 4. The Morgan fingerprint density at radius 1 is 1.14 bits per heavy atom. The van der Waals surface area contributed by atoms with Crippen LogP contribution in [0.2, 0.25) is 0 Å². The maximum absolute atomic E-state index is 12.3. The van der Waals surface area contributed by atoms with Gasteiger partial charge >= 0.3 is 0 Å². The largest absolute Gasteiger partial charge is 0.354 e. The summed E-state index contributed by atoms with van der Waals surface area (Å²) in [5.74, 6) is 0.735. The van der Waals surface area contributed by atoms with Crippen molar-refractivity contribution in [3.63, 3.8) is 0 Å². The average molecular weight is 298 g/mol. The van der Waals surface area contributed by atoms with Gasteiger partial charge in [0.15, 0.2) is 0 Å². The second kappa shape index (κ2) is 7.02. The third-order valence-corrected chi connectivity index (χ3v) is 3.06. The molecule has 1 amide bonds. The highest BCUT2D eigenvalue weighted by atomic mass is 16.1. The van der Waals surface area contributed by atoms with Gasteiger partial charge in [-0.05, 0) is 38.0 Å². The lowest BCUT2D eigenvalue weighted by Crippen LogP contribution is -2.17. The zero-order chi connectivity index (χ0) is 16.1. The van der Waals surface area contributed by atoms with Crippen LogP contribution in [-0.2, 0) is 0 Å². The van der Waals surface area contributed by atoms with E-state index in [-0.39, 0.29) is 5.91 Å². The zero-order valence-electron chi connectivity index (χ0n) is 13.5. The van der Waals surface area contributed by atoms with Crippen molar-refractivity contribution in [1.82, 2.24) is 9.97 Å². The minimum atomic E-state index is -0.234. The van der Waals surface area contributed by atoms with Crippen molar-refractivity contribution >= 4 is 17.5 Å². The van der Waals surface area contributed by atoms with E-state index in [1.165, 1.54) is 0 Å². The van der Waals surface area contributed by atoms with Crippen LogP contribution in [0.5, 0.6) is 0 Å². The first-order chi connectivity index (χ1) is 10.4. The van der Waals surface area contributed by atoms with Crippen molar-refractivity contribution in [3.8, 4) is 0 Å². The first-order valence-electron chi connectivity index (χ1n) is 7.41. The molecule has 116 valence electrons. The van der Waals surface area contributed by atoms with E-state index in [4.69, 9.17) is 0 Å². The summed E-state index contributed by atoms with van der Waals surface area (Å²) in [4.78, 5) is 20.9. The van der Waals surface area contributed by atoms with Gasteiger partial charge in [0, 0.05) is 17.9 Å². The fourth-order valence-electron chi connectivity index (χ4n) is 1.89. The van der Waals surface area contributed by atoms with E-state index in [1.807, 2.05) is 38.1 Å². The van der Waals surface area contributed by atoms with Crippen LogP contribution in [0.1, 0.15) is 35.6 Å². The number of anilines is 2. The molecule has 5 heteroatoms. The molecule has 0 aliphatic carbocycles. The number of amides is 1. The molecule has 0 saturated heterocycles. The second-order valence-electron chi connectivity index (χ2n) is 5.81. The molecule has 2 N–H and O–H groups in total. The van der Waals surface area contributed by atoms with Crippen molar-refractivity contribution in [3.05, 3.63) is 47.3 Å². The summed E-state index contributed by atoms with van der Waals surface area (Å²) in [5.41, 5.74) is 3.02. The van der Waals surface area contributed by atoms with E-state index in [0.717, 1.165) is 23.5 Å². The van der Waals surface area contributed by atoms with Gasteiger partial charge in [-0.15, -0.1) is 0 Å². The van der Waals surface area contributed by atoms with Crippen LogP contribution in [0.4, 0.5) is 11.6 Å². The standard InChI is InChI=1S/C17H22N4O/c1-11(2)10-18-17-19-13(4)9-15(21-17)16(22)20-14-7-5-12(3)6-8-14/h5-9,11H,10H2,1-4H3,(H,20,22)(H,18,19,21). The minimum Gasteiger partial charge on any atom is -0.354 e. The highest BCUT2D eigenvalue weighted by Crippen LogP contribution is 2.12. The number of nitrogens with one attached hydrogen (secondary N) is 2. The number of aryl methyl sites for hydroxylation is 2. The monoisotopic (exact) mass is 298 g/mol. The zero-order valence-corrected chi connectivity index (χ0v) is 13.5. The van der Waals surface area contributed by atoms with E-state index < -0.39 is 0 Å². The Balaban J connectivity index is 2.13. The maximum Gasteiger partial charge on any atom is 0.274 e. The first kappa shape index (κ1) is 15.9. The maximum atomic E-state index is 12.3. The number of hydrogen-bond donors (Lipinski definition) is 2. The molecule has 0 radical (unpaired) electrons. The van der Waals surface area contributed by atoms with E-state index in [2.05, 4.69) is 34.4 Å². The molecule has 0 aliphatic heterocycles. The Morgan fingerprint density at radius 3 is 2.45 bits per heavy atom. The van der Waals surface area contributed by atoms with Crippen molar-refractivity contribution in [1.29, 1.82) is 0 Å². The van der Waals surface area contributed by atoms with Gasteiger partial charge in [-0.2, -0.15) is 0 Å². The van der Waals surface area contributed by atoms with Gasteiger partial charge in [0.1, 0.15) is 5.69 Å². The quantitative estimate of drug-likeness (QED) is 0.887. The fourth-order valence-corrected chi connectivity index (χ4v) is 1.89. The lowest BCUT2D eigenvalue weighted by atomic mass is 10.2. The summed E-state index contributed by atoms with van der Waals surface area (Å²) < 4.78 is 0. The molecule has 1 aromatic heterocycles. The SMILES string of the molecule is Cc1ccc(NC(=O)c2cc(C)nc(NCC(C)C)n2)cc1. The van der Waals surface area contributed by atoms with Gasteiger partial charge in [0.25, 0.3) is 5.91 Å². The van der Waals surface area contributed by atoms with Gasteiger partial charge < -0.3 is 10.6 Å². The Bertz CT molecular complexity index is 650. The highest BCUT2D eigenvalue weighted by Gasteiger charge is 2.11. The van der Waals surface area contributed by atoms with Gasteiger partial charge in [-0.3, -0.25) is 4.79 Å². The topological polar surface area (TPSA) is 66.9 Å². The number of nitrogens with zero attached hydrogens (tertiary/aromatic N) is 2. The van der Waals surface area contributed by atoms with Gasteiger partial charge in [0.2, 0.25) is 5.95 Å². The molecule has 22 heavy (non-hydrogen) atoms. The molecular formula is C17H22N4O. The second-order valence-corrected chi connectivity index (χ2v) is 5.81. The molecule has 1 aromatic carbocycles. The summed E-state index contributed by atoms with van der Waals surface area (Å²) in [6, 6.07) is 9.34. The lowest BCUT2D eigenvalue weighted by Gasteiger charge is -2.10. The average Bonchev–Trinajstić information content (AvgIpc) is 2.47. The number of benzene rings is 1. The molecule has 2 aromatic rings. The van der Waals surface area contributed by atoms with Crippen molar-refractivity contribution in [2.45, 2.75) is 27.7 Å². The smallest absolute Gasteiger partial charge is 0.274 e. The summed E-state index contributed by atoms with van der Waals surface area (Å²) >= 11 is 0. The predicted molar refractivity (Wildman–Crippen MR) is 89.2 cm³/mol. The third kappa shape index (κ3) is 4.55. The van der Waals surface area contributed by atoms with Crippen molar-refractivity contribution < 1.29 is 4.79 Å². The molecular weight excluding hydrogens is 276 g/mol. The molecule has 0 bridgehead atoms. The third-order valence-electron chi connectivity index (χ3n) is 3.06. The van der Waals surface area contributed by atoms with Crippen molar-refractivity contribution in [2.75, 3.05) is 17.2 Å². The molecule has 5 nitrogen and oxygen atoms in total. The van der Waals surface area contributed by atoms with Crippen LogP contribution in [0.3, 0.4) is 0 Å². The Kier molecular flexibility index (Phi) is 5.09. The van der Waals surface area contributed by atoms with Crippen LogP contribution in [-0.4, -0.2) is 22.4 Å². The van der Waals surface area contributed by atoms with Crippen LogP contribution in [0.15, 0.2) is 30.3 Å². The van der Waals surface area contributed by atoms with Crippen LogP contribution >= 0.6 is 0 Å². The van der Waals surface area contributed by atoms with E-state index in [1.54, 1.807) is 6.07 Å². The molecule has 0 aliphatic rings. The molecule has 0 fully saturated rings. The Hall–Kier alpha value is -2.43. The number of aromatic nitrogens is 2. The summed E-state index contributed by atoms with van der Waals surface area (Å²) in [7, 11) is 0. The van der Waals surface area contributed by atoms with Gasteiger partial charge in [-0.1, -0.05) is 31.5 Å². The highest BCUT2D eigenvalue weighted by molar-refractivity contribution is 6.03. The Morgan fingerprint density at radius 2 is 1.82 bits per heavy atom. The van der Waals surface area contributed by atoms with E-state index in [0.29, 0.717) is 17.6 Å². The van der Waals surface area contributed by atoms with Crippen molar-refractivity contribution in [2.24, 2.45) is 5.92 Å². The number of rotatable bonds is 5. The van der Waals surface area contributed by atoms with Gasteiger partial charge in [0.05, 0.1) is 0 Å².